The molecule has 2 aliphatic rings. The maximum Gasteiger partial charge on any atom is 0.239 e. The van der Waals surface area contributed by atoms with Crippen LogP contribution in [-0.2, 0) is 0 Å². The first-order chi connectivity index (χ1) is 8.78. The van der Waals surface area contributed by atoms with Gasteiger partial charge >= 0.3 is 0 Å². The van der Waals surface area contributed by atoms with Gasteiger partial charge in [0.05, 0.1) is 6.20 Å². The molecule has 0 bridgehead atoms. The average Bonchev–Trinajstić information content (AvgIpc) is 3.25. The molecule has 1 aromatic heterocycles. The number of hydrogen-bond donors (Lipinski definition) is 3. The molecule has 98 valence electrons. The van der Waals surface area contributed by atoms with Gasteiger partial charge in [0.1, 0.15) is 0 Å². The summed E-state index contributed by atoms with van der Waals surface area (Å²) in [5.41, 5.74) is 2.32. The van der Waals surface area contributed by atoms with Crippen molar-refractivity contribution in [1.29, 1.82) is 0 Å². The summed E-state index contributed by atoms with van der Waals surface area (Å²) >= 11 is 0. The zero-order valence-electron chi connectivity index (χ0n) is 10.2. The average molecular weight is 251 g/mol. The van der Waals surface area contributed by atoms with Gasteiger partial charge in [0.15, 0.2) is 11.6 Å². The first kappa shape index (κ1) is 11.6. The van der Waals surface area contributed by atoms with Crippen molar-refractivity contribution in [2.75, 3.05) is 17.3 Å². The predicted molar refractivity (Wildman–Crippen MR) is 67.2 cm³/mol. The van der Waals surface area contributed by atoms with Gasteiger partial charge in [-0.25, -0.2) is 15.2 Å². The van der Waals surface area contributed by atoms with E-state index in [9.17, 15) is 4.39 Å². The van der Waals surface area contributed by atoms with Crippen LogP contribution < -0.4 is 16.6 Å². The lowest BCUT2D eigenvalue weighted by Gasteiger charge is -2.17. The van der Waals surface area contributed by atoms with Gasteiger partial charge in [-0.05, 0) is 43.4 Å². The standard InChI is InChI=1S/C12H18FN5/c13-10-6-16-12(18-14)17-11(10)15-5-9(7-1-2-7)8-3-4-8/h6-9H,1-5,14H2,(H2,15,16,17,18). The fraction of sp³-hybridized carbons (Fsp3) is 0.667. The van der Waals surface area contributed by atoms with Crippen LogP contribution in [0.2, 0.25) is 0 Å². The van der Waals surface area contributed by atoms with Crippen molar-refractivity contribution < 1.29 is 4.39 Å². The summed E-state index contributed by atoms with van der Waals surface area (Å²) in [6, 6.07) is 0. The predicted octanol–water partition coefficient (Wildman–Crippen LogP) is 1.75. The molecule has 0 amide bonds. The summed E-state index contributed by atoms with van der Waals surface area (Å²) in [5, 5.41) is 3.11. The summed E-state index contributed by atoms with van der Waals surface area (Å²) in [4.78, 5) is 7.71. The fourth-order valence-electron chi connectivity index (χ4n) is 2.54. The molecule has 0 aromatic carbocycles. The molecule has 1 aromatic rings. The highest BCUT2D eigenvalue weighted by molar-refractivity contribution is 5.40. The maximum atomic E-state index is 13.5. The highest BCUT2D eigenvalue weighted by Crippen LogP contribution is 2.49. The van der Waals surface area contributed by atoms with Gasteiger partial charge < -0.3 is 5.32 Å². The lowest BCUT2D eigenvalue weighted by Crippen LogP contribution is -2.20. The van der Waals surface area contributed by atoms with E-state index in [1.165, 1.54) is 25.7 Å². The number of rotatable bonds is 6. The third-order valence-electron chi connectivity index (χ3n) is 3.83. The molecule has 2 fully saturated rings. The molecule has 5 nitrogen and oxygen atoms in total. The third kappa shape index (κ3) is 2.53. The molecule has 0 spiro atoms. The Kier molecular flexibility index (Phi) is 3.03. The van der Waals surface area contributed by atoms with E-state index < -0.39 is 5.82 Å². The highest BCUT2D eigenvalue weighted by Gasteiger charge is 2.41. The van der Waals surface area contributed by atoms with Gasteiger partial charge in [0.25, 0.3) is 0 Å². The van der Waals surface area contributed by atoms with Crippen molar-refractivity contribution in [3.63, 3.8) is 0 Å². The van der Waals surface area contributed by atoms with Gasteiger partial charge in [-0.15, -0.1) is 0 Å². The number of nitrogens with zero attached hydrogens (tertiary/aromatic N) is 2. The largest absolute Gasteiger partial charge is 0.367 e. The molecule has 2 aliphatic carbocycles. The second-order valence-corrected chi connectivity index (χ2v) is 5.25. The lowest BCUT2D eigenvalue weighted by atomic mass is 9.98. The maximum absolute atomic E-state index is 13.5. The van der Waals surface area contributed by atoms with E-state index in [-0.39, 0.29) is 11.8 Å². The molecule has 6 heteroatoms. The molecule has 3 rings (SSSR count). The van der Waals surface area contributed by atoms with Crippen molar-refractivity contribution in [2.24, 2.45) is 23.6 Å². The number of hydrazine groups is 1. The molecule has 0 saturated heterocycles. The van der Waals surface area contributed by atoms with Crippen LogP contribution in [0.15, 0.2) is 6.20 Å². The van der Waals surface area contributed by atoms with E-state index >= 15 is 0 Å². The topological polar surface area (TPSA) is 75.9 Å². The number of nitrogen functional groups attached to an aromatic ring is 1. The molecular formula is C12H18FN5. The Hall–Kier alpha value is -1.43. The van der Waals surface area contributed by atoms with Gasteiger partial charge in [-0.3, -0.25) is 5.43 Å². The van der Waals surface area contributed by atoms with E-state index in [4.69, 9.17) is 5.84 Å². The number of aromatic nitrogens is 2. The Bertz CT molecular complexity index is 418. The van der Waals surface area contributed by atoms with Crippen LogP contribution in [0.25, 0.3) is 0 Å². The van der Waals surface area contributed by atoms with Gasteiger partial charge in [0.2, 0.25) is 5.95 Å². The Morgan fingerprint density at radius 2 is 2.00 bits per heavy atom. The minimum atomic E-state index is -0.431. The summed E-state index contributed by atoms with van der Waals surface area (Å²) in [7, 11) is 0. The molecular weight excluding hydrogens is 233 g/mol. The van der Waals surface area contributed by atoms with Gasteiger partial charge in [-0.1, -0.05) is 0 Å². The second kappa shape index (κ2) is 4.68. The van der Waals surface area contributed by atoms with Crippen LogP contribution in [0.4, 0.5) is 16.2 Å². The smallest absolute Gasteiger partial charge is 0.239 e. The van der Waals surface area contributed by atoms with Crippen LogP contribution >= 0.6 is 0 Å². The molecule has 0 unspecified atom stereocenters. The lowest BCUT2D eigenvalue weighted by molar-refractivity contribution is 0.426. The number of halogens is 1. The van der Waals surface area contributed by atoms with Crippen molar-refractivity contribution >= 4 is 11.8 Å². The van der Waals surface area contributed by atoms with Crippen LogP contribution in [0, 0.1) is 23.6 Å². The van der Waals surface area contributed by atoms with Gasteiger partial charge in [0, 0.05) is 6.54 Å². The van der Waals surface area contributed by atoms with E-state index in [0.29, 0.717) is 5.92 Å². The number of anilines is 2. The Balaban J connectivity index is 1.64. The van der Waals surface area contributed by atoms with Crippen LogP contribution in [-0.4, -0.2) is 16.5 Å². The first-order valence-corrected chi connectivity index (χ1v) is 6.51. The monoisotopic (exact) mass is 251 g/mol. The molecule has 1 heterocycles. The second-order valence-electron chi connectivity index (χ2n) is 5.25. The third-order valence-corrected chi connectivity index (χ3v) is 3.83. The number of nitrogens with two attached hydrogens (primary N) is 1. The van der Waals surface area contributed by atoms with E-state index in [2.05, 4.69) is 20.7 Å². The molecule has 2 saturated carbocycles. The fourth-order valence-corrected chi connectivity index (χ4v) is 2.54. The van der Waals surface area contributed by atoms with E-state index in [1.807, 2.05) is 0 Å². The molecule has 0 atom stereocenters. The minimum Gasteiger partial charge on any atom is -0.367 e. The quantitative estimate of drug-likeness (QED) is 0.530. The van der Waals surface area contributed by atoms with Crippen LogP contribution in [0.3, 0.4) is 0 Å². The van der Waals surface area contributed by atoms with Crippen molar-refractivity contribution in [3.05, 3.63) is 12.0 Å². The van der Waals surface area contributed by atoms with Crippen LogP contribution in [0.5, 0.6) is 0 Å². The molecule has 18 heavy (non-hydrogen) atoms. The van der Waals surface area contributed by atoms with Crippen molar-refractivity contribution in [3.8, 4) is 0 Å². The van der Waals surface area contributed by atoms with Crippen molar-refractivity contribution in [1.82, 2.24) is 9.97 Å². The Labute approximate surface area is 105 Å². The Morgan fingerprint density at radius 1 is 1.33 bits per heavy atom. The summed E-state index contributed by atoms with van der Waals surface area (Å²) in [6.07, 6.45) is 6.43. The summed E-state index contributed by atoms with van der Waals surface area (Å²) < 4.78 is 13.5. The number of hydrogen-bond acceptors (Lipinski definition) is 5. The van der Waals surface area contributed by atoms with Crippen molar-refractivity contribution in [2.45, 2.75) is 25.7 Å². The first-order valence-electron chi connectivity index (χ1n) is 6.51. The zero-order valence-corrected chi connectivity index (χ0v) is 10.2. The summed E-state index contributed by atoms with van der Waals surface area (Å²) in [5.74, 6) is 7.60. The zero-order chi connectivity index (χ0) is 12.5. The molecule has 0 aliphatic heterocycles. The van der Waals surface area contributed by atoms with E-state index in [1.54, 1.807) is 0 Å². The van der Waals surface area contributed by atoms with E-state index in [0.717, 1.165) is 24.6 Å². The number of nitrogens with one attached hydrogen (secondary N) is 2. The summed E-state index contributed by atoms with van der Waals surface area (Å²) in [6.45, 7) is 0.799. The molecule has 0 radical (unpaired) electrons. The SMILES string of the molecule is NNc1ncc(F)c(NCC(C2CC2)C2CC2)n1. The van der Waals surface area contributed by atoms with Crippen LogP contribution in [0.1, 0.15) is 25.7 Å². The minimum absolute atomic E-state index is 0.230. The Morgan fingerprint density at radius 3 is 2.56 bits per heavy atom. The van der Waals surface area contributed by atoms with Gasteiger partial charge in [-0.2, -0.15) is 4.98 Å². The highest BCUT2D eigenvalue weighted by atomic mass is 19.1. The normalized spacial score (nSPS) is 19.1. The molecule has 4 N–H and O–H groups in total.